The summed E-state index contributed by atoms with van der Waals surface area (Å²) in [5, 5.41) is 2.96. The molecule has 1 N–H and O–H groups in total. The lowest BCUT2D eigenvalue weighted by molar-refractivity contribution is -0.119. The van der Waals surface area contributed by atoms with Gasteiger partial charge in [-0.25, -0.2) is 0 Å². The fourth-order valence-electron chi connectivity index (χ4n) is 4.18. The van der Waals surface area contributed by atoms with Crippen LogP contribution in [-0.2, 0) is 11.2 Å². The molecule has 2 aliphatic heterocycles. The Labute approximate surface area is 169 Å². The van der Waals surface area contributed by atoms with Crippen LogP contribution in [0.2, 0.25) is 0 Å². The number of benzene rings is 2. The Kier molecular flexibility index (Phi) is 4.82. The quantitative estimate of drug-likeness (QED) is 0.839. The maximum atomic E-state index is 12.9. The number of aryl methyl sites for hydroxylation is 1. The zero-order chi connectivity index (χ0) is 20.7. The molecule has 1 atom stereocenters. The molecule has 0 radical (unpaired) electrons. The molecule has 7 nitrogen and oxygen atoms in total. The molecule has 1 unspecified atom stereocenters. The van der Waals surface area contributed by atoms with E-state index in [1.54, 1.807) is 12.1 Å². The maximum absolute atomic E-state index is 12.9. The van der Waals surface area contributed by atoms with Crippen molar-refractivity contribution in [3.8, 4) is 17.2 Å². The summed E-state index contributed by atoms with van der Waals surface area (Å²) >= 11 is 0. The number of rotatable bonds is 5. The first-order chi connectivity index (χ1) is 14.0. The molecule has 0 spiro atoms. The van der Waals surface area contributed by atoms with E-state index >= 15 is 0 Å². The molecule has 2 heterocycles. The molecular formula is C22H24N2O5. The number of amides is 2. The molecule has 0 fully saturated rings. The van der Waals surface area contributed by atoms with Crippen LogP contribution >= 0.6 is 0 Å². The number of methoxy groups -OCH3 is 3. The van der Waals surface area contributed by atoms with Gasteiger partial charge in [-0.3, -0.25) is 9.59 Å². The Bertz CT molecular complexity index is 976. The first-order valence-corrected chi connectivity index (χ1v) is 9.58. The highest BCUT2D eigenvalue weighted by molar-refractivity contribution is 6.08. The fraction of sp³-hybridized carbons (Fsp3) is 0.364. The van der Waals surface area contributed by atoms with E-state index < -0.39 is 0 Å². The van der Waals surface area contributed by atoms with E-state index in [2.05, 4.69) is 5.32 Å². The number of hydrogen-bond donors (Lipinski definition) is 1. The largest absolute Gasteiger partial charge is 0.493 e. The van der Waals surface area contributed by atoms with Gasteiger partial charge in [-0.05, 0) is 55.2 Å². The predicted octanol–water partition coefficient (Wildman–Crippen LogP) is 3.36. The van der Waals surface area contributed by atoms with E-state index in [-0.39, 0.29) is 17.7 Å². The standard InChI is InChI=1S/C22H24N2O5/c1-12-16-11-15(8-13-6-5-7-24(19(13)16)22(12)26)23-21(25)14-9-17(27-2)20(29-4)18(10-14)28-3/h8-12H,5-7H2,1-4H3,(H,23,25). The summed E-state index contributed by atoms with van der Waals surface area (Å²) in [4.78, 5) is 27.3. The SMILES string of the molecule is COc1cc(C(=O)Nc2cc3c4c(c2)C(C)C(=O)N4CCC3)cc(OC)c1OC. The molecule has 0 saturated carbocycles. The van der Waals surface area contributed by atoms with Crippen molar-refractivity contribution in [1.29, 1.82) is 0 Å². The summed E-state index contributed by atoms with van der Waals surface area (Å²) in [7, 11) is 4.53. The van der Waals surface area contributed by atoms with Crippen LogP contribution in [0, 0.1) is 0 Å². The van der Waals surface area contributed by atoms with Gasteiger partial charge < -0.3 is 24.4 Å². The van der Waals surface area contributed by atoms with E-state index in [0.29, 0.717) is 28.5 Å². The van der Waals surface area contributed by atoms with Crippen LogP contribution in [0.3, 0.4) is 0 Å². The molecule has 4 rings (SSSR count). The lowest BCUT2D eigenvalue weighted by atomic mass is 9.96. The van der Waals surface area contributed by atoms with Gasteiger partial charge in [-0.2, -0.15) is 0 Å². The van der Waals surface area contributed by atoms with E-state index in [1.807, 2.05) is 24.0 Å². The van der Waals surface area contributed by atoms with Gasteiger partial charge in [0.1, 0.15) is 0 Å². The van der Waals surface area contributed by atoms with Crippen molar-refractivity contribution in [3.05, 3.63) is 41.0 Å². The van der Waals surface area contributed by atoms with Crippen LogP contribution in [0.1, 0.15) is 40.7 Å². The fourth-order valence-corrected chi connectivity index (χ4v) is 4.18. The molecule has 0 aromatic heterocycles. The molecular weight excluding hydrogens is 372 g/mol. The van der Waals surface area contributed by atoms with Crippen LogP contribution in [0.15, 0.2) is 24.3 Å². The molecule has 2 aliphatic rings. The zero-order valence-corrected chi connectivity index (χ0v) is 17.0. The number of ether oxygens (including phenoxy) is 3. The lowest BCUT2D eigenvalue weighted by Gasteiger charge is -2.26. The van der Waals surface area contributed by atoms with Crippen LogP contribution in [-0.4, -0.2) is 39.7 Å². The second kappa shape index (κ2) is 7.31. The van der Waals surface area contributed by atoms with Gasteiger partial charge >= 0.3 is 0 Å². The van der Waals surface area contributed by atoms with Gasteiger partial charge in [0.25, 0.3) is 5.91 Å². The Balaban J connectivity index is 1.68. The summed E-state index contributed by atoms with van der Waals surface area (Å²) in [5.41, 5.74) is 4.18. The van der Waals surface area contributed by atoms with Gasteiger partial charge in [0, 0.05) is 17.8 Å². The second-order valence-electron chi connectivity index (χ2n) is 7.26. The van der Waals surface area contributed by atoms with Crippen molar-refractivity contribution in [2.75, 3.05) is 38.1 Å². The van der Waals surface area contributed by atoms with Gasteiger partial charge in [-0.15, -0.1) is 0 Å². The van der Waals surface area contributed by atoms with Crippen molar-refractivity contribution in [2.24, 2.45) is 0 Å². The number of nitrogens with zero attached hydrogens (tertiary/aromatic N) is 1. The minimum Gasteiger partial charge on any atom is -0.493 e. The monoisotopic (exact) mass is 396 g/mol. The average Bonchev–Trinajstić information content (AvgIpc) is 2.98. The minimum atomic E-state index is -0.291. The number of hydrogen-bond acceptors (Lipinski definition) is 5. The molecule has 2 aromatic carbocycles. The van der Waals surface area contributed by atoms with E-state index in [0.717, 1.165) is 36.2 Å². The third-order valence-corrected chi connectivity index (χ3v) is 5.60. The van der Waals surface area contributed by atoms with Crippen LogP contribution in [0.25, 0.3) is 0 Å². The van der Waals surface area contributed by atoms with Crippen molar-refractivity contribution < 1.29 is 23.8 Å². The topological polar surface area (TPSA) is 77.1 Å². The summed E-state index contributed by atoms with van der Waals surface area (Å²) in [5.74, 6) is 0.905. The Morgan fingerprint density at radius 1 is 1.07 bits per heavy atom. The second-order valence-corrected chi connectivity index (χ2v) is 7.26. The van der Waals surface area contributed by atoms with Crippen molar-refractivity contribution in [3.63, 3.8) is 0 Å². The summed E-state index contributed by atoms with van der Waals surface area (Å²) in [6, 6.07) is 7.10. The van der Waals surface area contributed by atoms with Gasteiger partial charge in [0.2, 0.25) is 11.7 Å². The third kappa shape index (κ3) is 3.06. The summed E-state index contributed by atoms with van der Waals surface area (Å²) in [6.45, 7) is 2.68. The number of anilines is 2. The van der Waals surface area contributed by atoms with E-state index in [9.17, 15) is 9.59 Å². The molecule has 7 heteroatoms. The molecule has 0 saturated heterocycles. The average molecular weight is 396 g/mol. The highest BCUT2D eigenvalue weighted by atomic mass is 16.5. The van der Waals surface area contributed by atoms with Crippen LogP contribution < -0.4 is 24.4 Å². The van der Waals surface area contributed by atoms with Gasteiger partial charge in [-0.1, -0.05) is 0 Å². The molecule has 152 valence electrons. The van der Waals surface area contributed by atoms with E-state index in [1.165, 1.54) is 21.3 Å². The van der Waals surface area contributed by atoms with Crippen molar-refractivity contribution >= 4 is 23.2 Å². The highest BCUT2D eigenvalue weighted by Crippen LogP contribution is 2.44. The van der Waals surface area contributed by atoms with Gasteiger partial charge in [0.05, 0.1) is 32.9 Å². The van der Waals surface area contributed by atoms with Crippen LogP contribution in [0.4, 0.5) is 11.4 Å². The molecule has 29 heavy (non-hydrogen) atoms. The maximum Gasteiger partial charge on any atom is 0.255 e. The Morgan fingerprint density at radius 2 is 1.76 bits per heavy atom. The number of carbonyl (C=O) groups excluding carboxylic acids is 2. The molecule has 2 amide bonds. The number of carbonyl (C=O) groups is 2. The zero-order valence-electron chi connectivity index (χ0n) is 17.0. The third-order valence-electron chi connectivity index (χ3n) is 5.60. The predicted molar refractivity (Wildman–Crippen MR) is 110 cm³/mol. The van der Waals surface area contributed by atoms with Crippen LogP contribution in [0.5, 0.6) is 17.2 Å². The first-order valence-electron chi connectivity index (χ1n) is 9.58. The molecule has 2 aromatic rings. The Hall–Kier alpha value is -3.22. The van der Waals surface area contributed by atoms with E-state index in [4.69, 9.17) is 14.2 Å². The summed E-state index contributed by atoms with van der Waals surface area (Å²) < 4.78 is 16.0. The number of nitrogens with one attached hydrogen (secondary N) is 1. The minimum absolute atomic E-state index is 0.133. The van der Waals surface area contributed by atoms with Gasteiger partial charge in [0.15, 0.2) is 11.5 Å². The summed E-state index contributed by atoms with van der Waals surface area (Å²) in [6.07, 6.45) is 1.82. The highest BCUT2D eigenvalue weighted by Gasteiger charge is 2.38. The Morgan fingerprint density at radius 3 is 2.38 bits per heavy atom. The lowest BCUT2D eigenvalue weighted by Crippen LogP contribution is -2.32. The normalized spacial score (nSPS) is 17.0. The smallest absolute Gasteiger partial charge is 0.255 e. The van der Waals surface area contributed by atoms with Crippen molar-refractivity contribution in [2.45, 2.75) is 25.7 Å². The molecule has 0 bridgehead atoms. The van der Waals surface area contributed by atoms with Crippen molar-refractivity contribution in [1.82, 2.24) is 0 Å². The first kappa shape index (κ1) is 19.1. The molecule has 0 aliphatic carbocycles.